The number of aromatic nitrogens is 2. The summed E-state index contributed by atoms with van der Waals surface area (Å²) in [6.45, 7) is 1.74. The third-order valence-electron chi connectivity index (χ3n) is 3.56. The Morgan fingerprint density at radius 2 is 2.15 bits per heavy atom. The zero-order valence-corrected chi connectivity index (χ0v) is 15.5. The van der Waals surface area contributed by atoms with Gasteiger partial charge in [0.25, 0.3) is 5.91 Å². The van der Waals surface area contributed by atoms with E-state index in [1.807, 2.05) is 12.3 Å². The maximum absolute atomic E-state index is 12.8. The topological polar surface area (TPSA) is 91.8 Å². The number of amides is 1. The van der Waals surface area contributed by atoms with Crippen LogP contribution >= 0.6 is 23.4 Å². The van der Waals surface area contributed by atoms with Crippen molar-refractivity contribution in [2.45, 2.75) is 11.9 Å². The van der Waals surface area contributed by atoms with E-state index in [-0.39, 0.29) is 11.5 Å². The number of carbonyl (C=O) groups excluding carboxylic acids is 1. The average Bonchev–Trinajstić information content (AvgIpc) is 3.17. The highest BCUT2D eigenvalue weighted by Gasteiger charge is 2.20. The number of carbonyl (C=O) groups is 1. The first kappa shape index (κ1) is 18.0. The molecule has 3 aromatic rings. The molecule has 26 heavy (non-hydrogen) atoms. The van der Waals surface area contributed by atoms with Crippen LogP contribution in [-0.4, -0.2) is 22.1 Å². The van der Waals surface area contributed by atoms with Crippen molar-refractivity contribution in [2.24, 2.45) is 0 Å². The van der Waals surface area contributed by atoms with Gasteiger partial charge in [0.1, 0.15) is 11.1 Å². The normalized spacial score (nSPS) is 10.4. The first-order valence-corrected chi connectivity index (χ1v) is 9.11. The summed E-state index contributed by atoms with van der Waals surface area (Å²) in [7, 11) is 0. The number of hydrogen-bond donors (Lipinski definition) is 1. The van der Waals surface area contributed by atoms with E-state index in [0.29, 0.717) is 38.6 Å². The molecule has 0 atom stereocenters. The zero-order chi connectivity index (χ0) is 18.7. The molecule has 2 aromatic heterocycles. The van der Waals surface area contributed by atoms with Crippen LogP contribution in [0.25, 0.3) is 11.6 Å². The van der Waals surface area contributed by atoms with Crippen LogP contribution in [0.1, 0.15) is 21.6 Å². The van der Waals surface area contributed by atoms with Crippen LogP contribution in [0.3, 0.4) is 0 Å². The van der Waals surface area contributed by atoms with Crippen molar-refractivity contribution in [2.75, 3.05) is 11.6 Å². The Hall–Kier alpha value is -2.82. The van der Waals surface area contributed by atoms with Crippen molar-refractivity contribution in [1.82, 2.24) is 9.97 Å². The van der Waals surface area contributed by atoms with Crippen LogP contribution in [0.4, 0.5) is 5.69 Å². The lowest BCUT2D eigenvalue weighted by Gasteiger charge is -2.12. The van der Waals surface area contributed by atoms with Crippen LogP contribution in [-0.2, 0) is 0 Å². The number of aryl methyl sites for hydroxylation is 1. The molecular formula is C18H13ClN4O2S. The van der Waals surface area contributed by atoms with Gasteiger partial charge in [-0.2, -0.15) is 5.26 Å². The smallest absolute Gasteiger partial charge is 0.260 e. The van der Waals surface area contributed by atoms with Crippen molar-refractivity contribution < 1.29 is 9.21 Å². The van der Waals surface area contributed by atoms with Gasteiger partial charge in [0, 0.05) is 5.69 Å². The van der Waals surface area contributed by atoms with Gasteiger partial charge in [-0.25, -0.2) is 9.97 Å². The summed E-state index contributed by atoms with van der Waals surface area (Å²) in [4.78, 5) is 21.6. The Balaban J connectivity index is 1.95. The SMILES string of the molecule is CSc1nc(-c2ccco2)nc(C)c1C(=O)Nc1ccc(Cl)c(C#N)c1. The second kappa shape index (κ2) is 7.60. The lowest BCUT2D eigenvalue weighted by atomic mass is 10.2. The molecule has 130 valence electrons. The van der Waals surface area contributed by atoms with Crippen molar-refractivity contribution in [3.05, 3.63) is 58.4 Å². The molecule has 0 bridgehead atoms. The maximum Gasteiger partial charge on any atom is 0.260 e. The Kier molecular flexibility index (Phi) is 5.26. The molecule has 0 unspecified atom stereocenters. The zero-order valence-electron chi connectivity index (χ0n) is 13.9. The van der Waals surface area contributed by atoms with Gasteiger partial charge in [0.05, 0.1) is 28.1 Å². The summed E-state index contributed by atoms with van der Waals surface area (Å²) in [5.41, 5.74) is 1.66. The summed E-state index contributed by atoms with van der Waals surface area (Å²) >= 11 is 7.26. The first-order valence-electron chi connectivity index (χ1n) is 7.51. The van der Waals surface area contributed by atoms with E-state index in [9.17, 15) is 4.79 Å². The molecule has 1 N–H and O–H groups in total. The van der Waals surface area contributed by atoms with Crippen LogP contribution < -0.4 is 5.32 Å². The number of nitriles is 1. The molecule has 0 aliphatic carbocycles. The number of thioether (sulfide) groups is 1. The molecule has 0 radical (unpaired) electrons. The molecule has 0 saturated heterocycles. The van der Waals surface area contributed by atoms with E-state index >= 15 is 0 Å². The molecule has 1 aromatic carbocycles. The van der Waals surface area contributed by atoms with Crippen LogP contribution in [0, 0.1) is 18.3 Å². The summed E-state index contributed by atoms with van der Waals surface area (Å²) in [6, 6.07) is 10.2. The lowest BCUT2D eigenvalue weighted by Crippen LogP contribution is -2.17. The number of nitrogens with one attached hydrogen (secondary N) is 1. The number of rotatable bonds is 4. The Bertz CT molecular complexity index is 1010. The van der Waals surface area contributed by atoms with E-state index in [1.54, 1.807) is 37.5 Å². The number of hydrogen-bond acceptors (Lipinski definition) is 6. The molecule has 0 saturated carbocycles. The van der Waals surface area contributed by atoms with Crippen molar-refractivity contribution in [3.8, 4) is 17.7 Å². The largest absolute Gasteiger partial charge is 0.461 e. The monoisotopic (exact) mass is 384 g/mol. The standard InChI is InChI=1S/C18H13ClN4O2S/c1-10-15(17(24)22-12-5-6-13(19)11(8-12)9-20)18(26-2)23-16(21-10)14-4-3-7-25-14/h3-8H,1-2H3,(H,22,24). The summed E-state index contributed by atoms with van der Waals surface area (Å²) in [6.07, 6.45) is 3.38. The van der Waals surface area contributed by atoms with Gasteiger partial charge < -0.3 is 9.73 Å². The Morgan fingerprint density at radius 3 is 2.81 bits per heavy atom. The minimum Gasteiger partial charge on any atom is -0.461 e. The van der Waals surface area contributed by atoms with Gasteiger partial charge in [-0.15, -0.1) is 11.8 Å². The first-order chi connectivity index (χ1) is 12.5. The summed E-state index contributed by atoms with van der Waals surface area (Å²) in [5.74, 6) is 0.599. The molecule has 2 heterocycles. The summed E-state index contributed by atoms with van der Waals surface area (Å²) < 4.78 is 5.33. The maximum atomic E-state index is 12.8. The quantitative estimate of drug-likeness (QED) is 0.524. The van der Waals surface area contributed by atoms with Gasteiger partial charge in [-0.05, 0) is 43.5 Å². The molecule has 1 amide bonds. The lowest BCUT2D eigenvalue weighted by molar-refractivity contribution is 0.102. The highest BCUT2D eigenvalue weighted by molar-refractivity contribution is 7.98. The molecule has 0 spiro atoms. The second-order valence-corrected chi connectivity index (χ2v) is 6.46. The fraction of sp³-hybridized carbons (Fsp3) is 0.111. The number of halogens is 1. The fourth-order valence-corrected chi connectivity index (χ4v) is 3.14. The van der Waals surface area contributed by atoms with E-state index in [2.05, 4.69) is 15.3 Å². The predicted molar refractivity (Wildman–Crippen MR) is 100 cm³/mol. The summed E-state index contributed by atoms with van der Waals surface area (Å²) in [5, 5.41) is 12.7. The highest BCUT2D eigenvalue weighted by atomic mass is 35.5. The average molecular weight is 385 g/mol. The van der Waals surface area contributed by atoms with E-state index in [4.69, 9.17) is 21.3 Å². The van der Waals surface area contributed by atoms with Crippen molar-refractivity contribution in [3.63, 3.8) is 0 Å². The predicted octanol–water partition coefficient (Wildman–Crippen LogP) is 4.54. The minimum absolute atomic E-state index is 0.288. The van der Waals surface area contributed by atoms with E-state index < -0.39 is 0 Å². The van der Waals surface area contributed by atoms with Gasteiger partial charge in [-0.1, -0.05) is 11.6 Å². The minimum atomic E-state index is -0.357. The van der Waals surface area contributed by atoms with Crippen molar-refractivity contribution in [1.29, 1.82) is 5.26 Å². The number of anilines is 1. The van der Waals surface area contributed by atoms with Crippen molar-refractivity contribution >= 4 is 35.0 Å². The molecule has 0 fully saturated rings. The Labute approximate surface area is 159 Å². The van der Waals surface area contributed by atoms with E-state index in [1.165, 1.54) is 17.8 Å². The molecular weight excluding hydrogens is 372 g/mol. The van der Waals surface area contributed by atoms with Crippen LogP contribution in [0.5, 0.6) is 0 Å². The van der Waals surface area contributed by atoms with Crippen LogP contribution in [0.2, 0.25) is 5.02 Å². The van der Waals surface area contributed by atoms with Gasteiger partial charge in [-0.3, -0.25) is 4.79 Å². The number of furan rings is 1. The third-order valence-corrected chi connectivity index (χ3v) is 4.58. The highest BCUT2D eigenvalue weighted by Crippen LogP contribution is 2.26. The third kappa shape index (κ3) is 3.57. The number of benzene rings is 1. The molecule has 6 nitrogen and oxygen atoms in total. The fourth-order valence-electron chi connectivity index (χ4n) is 2.35. The molecule has 8 heteroatoms. The Morgan fingerprint density at radius 1 is 1.35 bits per heavy atom. The molecule has 3 rings (SSSR count). The second-order valence-electron chi connectivity index (χ2n) is 5.25. The molecule has 0 aliphatic heterocycles. The van der Waals surface area contributed by atoms with E-state index in [0.717, 1.165) is 0 Å². The van der Waals surface area contributed by atoms with Gasteiger partial charge in [0.2, 0.25) is 0 Å². The van der Waals surface area contributed by atoms with Crippen LogP contribution in [0.15, 0.2) is 46.0 Å². The van der Waals surface area contributed by atoms with Gasteiger partial charge in [0.15, 0.2) is 11.6 Å². The van der Waals surface area contributed by atoms with Gasteiger partial charge >= 0.3 is 0 Å². The molecule has 0 aliphatic rings. The number of nitrogens with zero attached hydrogens (tertiary/aromatic N) is 3.